The number of hydrogen-bond acceptors (Lipinski definition) is 14. The summed E-state index contributed by atoms with van der Waals surface area (Å²) in [5.41, 5.74) is 6.08. The minimum absolute atomic E-state index is 0.102. The van der Waals surface area contributed by atoms with Crippen molar-refractivity contribution in [3.05, 3.63) is 71.8 Å². The predicted molar refractivity (Wildman–Crippen MR) is 203 cm³/mol. The second kappa shape index (κ2) is 26.0. The number of nitrogens with one attached hydrogen (secondary N) is 3. The van der Waals surface area contributed by atoms with E-state index in [1.165, 1.54) is 11.9 Å². The number of primary amides is 1. The van der Waals surface area contributed by atoms with Crippen LogP contribution in [0.1, 0.15) is 60.2 Å². The third-order valence-electron chi connectivity index (χ3n) is 7.47. The van der Waals surface area contributed by atoms with E-state index < -0.39 is 51.8 Å². The number of nitrogens with two attached hydrogens (primary N) is 1. The molecule has 0 aliphatic carbocycles. The summed E-state index contributed by atoms with van der Waals surface area (Å²) in [5, 5.41) is 8.30. The Hall–Kier alpha value is -5.97. The summed E-state index contributed by atoms with van der Waals surface area (Å²) in [7, 11) is -0.767. The molecule has 2 aliphatic heterocycles. The number of hydroxylamine groups is 4. The van der Waals surface area contributed by atoms with Gasteiger partial charge in [-0.15, -0.1) is 10.1 Å². The van der Waals surface area contributed by atoms with Gasteiger partial charge in [0, 0.05) is 70.0 Å². The molecule has 0 aromatic heterocycles. The number of hydrogen-bond donors (Lipinski definition) is 5. The molecule has 0 unspecified atom stereocenters. The number of nitrogens with zero attached hydrogens (tertiary/aromatic N) is 4. The Morgan fingerprint density at radius 2 is 1.16 bits per heavy atom. The molecule has 0 atom stereocenters. The number of carbonyl (C=O) groups is 8. The van der Waals surface area contributed by atoms with Crippen LogP contribution in [0.25, 0.3) is 0 Å². The van der Waals surface area contributed by atoms with E-state index in [2.05, 4.69) is 25.6 Å². The Labute approximate surface area is 330 Å². The van der Waals surface area contributed by atoms with Crippen molar-refractivity contribution in [1.82, 2.24) is 35.9 Å². The minimum atomic E-state index is -4.03. The summed E-state index contributed by atoms with van der Waals surface area (Å²) in [6.07, 6.45) is -1.18. The first-order valence-electron chi connectivity index (χ1n) is 17.5. The molecule has 4 rings (SSSR count). The fourth-order valence-corrected chi connectivity index (χ4v) is 5.01. The van der Waals surface area contributed by atoms with Crippen molar-refractivity contribution >= 4 is 57.7 Å². The fraction of sp³-hybridized carbons (Fsp3) is 0.429. The third kappa shape index (κ3) is 20.5. The number of amides is 8. The zero-order valence-electron chi connectivity index (χ0n) is 32.2. The second-order valence-corrected chi connectivity index (χ2v) is 13.2. The second-order valence-electron chi connectivity index (χ2n) is 11.8. The number of benzene rings is 2. The highest BCUT2D eigenvalue weighted by molar-refractivity contribution is 7.85. The van der Waals surface area contributed by atoms with Crippen LogP contribution in [0, 0.1) is 0 Å². The van der Waals surface area contributed by atoms with Gasteiger partial charge in [-0.3, -0.25) is 38.2 Å². The van der Waals surface area contributed by atoms with E-state index in [0.717, 1.165) is 6.54 Å². The van der Waals surface area contributed by atoms with E-state index in [9.17, 15) is 46.8 Å². The molecular weight excluding hydrogens is 772 g/mol. The smallest absolute Gasteiger partial charge is 0.366 e. The zero-order valence-corrected chi connectivity index (χ0v) is 33.0. The average Bonchev–Trinajstić information content (AvgIpc) is 3.68. The molecule has 8 amide bonds. The summed E-state index contributed by atoms with van der Waals surface area (Å²) >= 11 is 0. The topological polar surface area (TPSA) is 284 Å². The van der Waals surface area contributed by atoms with Gasteiger partial charge in [-0.25, -0.2) is 9.59 Å². The van der Waals surface area contributed by atoms with Crippen LogP contribution < -0.4 is 21.7 Å². The minimum Gasteiger partial charge on any atom is -0.366 e. The maximum Gasteiger partial charge on any atom is 0.432 e. The van der Waals surface area contributed by atoms with Crippen molar-refractivity contribution in [3.63, 3.8) is 0 Å². The van der Waals surface area contributed by atoms with Crippen LogP contribution in [0.3, 0.4) is 0 Å². The van der Waals surface area contributed by atoms with Crippen LogP contribution in [0.2, 0.25) is 0 Å². The molecule has 0 saturated carbocycles. The summed E-state index contributed by atoms with van der Waals surface area (Å²) in [6, 6.07) is 17.5. The van der Waals surface area contributed by atoms with Crippen LogP contribution >= 0.6 is 0 Å². The molecule has 0 bridgehead atoms. The molecule has 57 heavy (non-hydrogen) atoms. The first-order valence-corrected chi connectivity index (χ1v) is 19.1. The Balaban J connectivity index is 0.000000393. The Kier molecular flexibility index (Phi) is 22.4. The highest BCUT2D eigenvalue weighted by Crippen LogP contribution is 2.12. The molecule has 21 nitrogen and oxygen atoms in total. The van der Waals surface area contributed by atoms with Gasteiger partial charge >= 0.3 is 12.2 Å². The largest absolute Gasteiger partial charge is 0.432 e. The average molecular weight is 823 g/mol. The monoisotopic (exact) mass is 822 g/mol. The molecule has 2 fully saturated rings. The maximum absolute atomic E-state index is 11.7. The normalized spacial score (nSPS) is 13.4. The molecule has 2 saturated heterocycles. The van der Waals surface area contributed by atoms with Gasteiger partial charge < -0.3 is 36.3 Å². The van der Waals surface area contributed by atoms with Crippen molar-refractivity contribution in [2.24, 2.45) is 5.73 Å². The maximum atomic E-state index is 11.7. The van der Waals surface area contributed by atoms with Crippen molar-refractivity contribution in [2.45, 2.75) is 39.5 Å². The van der Waals surface area contributed by atoms with Gasteiger partial charge in [0.05, 0.1) is 0 Å². The highest BCUT2D eigenvalue weighted by Gasteiger charge is 2.33. The predicted octanol–water partition coefficient (Wildman–Crippen LogP) is 0.504. The Bertz CT molecular complexity index is 1730. The van der Waals surface area contributed by atoms with E-state index in [4.69, 9.17) is 10.3 Å². The van der Waals surface area contributed by atoms with Crippen LogP contribution in [0.5, 0.6) is 0 Å². The van der Waals surface area contributed by atoms with Crippen LogP contribution in [0.4, 0.5) is 9.59 Å². The standard InChI is InChI=1S/C12H18N2O4S.C10H17N3O4.C7H7NO.C6H8N2O4/c1-2-14(10-19(16,17)18)9-8-13-12(15)11-6-4-3-5-7-11;1-3-12(2)7-6-11-10(16)17-13-8(14)4-5-9(13)15;8-7(9)6-4-2-1-3-5-6;1-7-6(11)12-8-4(9)2-3-5(8)10/h3-7H,2,8-10H2,1H3,(H,13,15)(H,16,17,18);3-7H2,1-2H3,(H,11,16);1-5H,(H2,8,9);2-3H2,1H3,(H,7,11). The van der Waals surface area contributed by atoms with Gasteiger partial charge in [0.25, 0.3) is 39.7 Å². The molecule has 0 spiro atoms. The van der Waals surface area contributed by atoms with Gasteiger partial charge in [-0.2, -0.15) is 8.42 Å². The van der Waals surface area contributed by atoms with Gasteiger partial charge in [0.15, 0.2) is 0 Å². The highest BCUT2D eigenvalue weighted by atomic mass is 32.2. The number of imide groups is 2. The third-order valence-corrected chi connectivity index (χ3v) is 8.16. The van der Waals surface area contributed by atoms with E-state index in [-0.39, 0.29) is 37.5 Å². The summed E-state index contributed by atoms with van der Waals surface area (Å²) in [4.78, 5) is 100. The molecule has 0 radical (unpaired) electrons. The molecule has 314 valence electrons. The summed E-state index contributed by atoms with van der Waals surface area (Å²) in [6.45, 7) is 6.88. The lowest BCUT2D eigenvalue weighted by Crippen LogP contribution is -2.39. The van der Waals surface area contributed by atoms with Crippen molar-refractivity contribution in [3.8, 4) is 0 Å². The quantitative estimate of drug-likeness (QED) is 0.128. The first-order chi connectivity index (χ1) is 26.9. The molecule has 2 heterocycles. The number of rotatable bonds is 14. The molecule has 2 aromatic carbocycles. The van der Waals surface area contributed by atoms with Crippen LogP contribution in [0.15, 0.2) is 60.7 Å². The fourth-order valence-electron chi connectivity index (χ4n) is 4.23. The van der Waals surface area contributed by atoms with Crippen LogP contribution in [-0.4, -0.2) is 140 Å². The lowest BCUT2D eigenvalue weighted by Gasteiger charge is -2.18. The SMILES string of the molecule is CCN(C)CCNC(=O)ON1C(=O)CCC1=O.CCN(CCNC(=O)c1ccccc1)CS(=O)(=O)O.CNC(=O)ON1C(=O)CCC1=O.NC(=O)c1ccccc1. The van der Waals surface area contributed by atoms with Gasteiger partial charge in [-0.1, -0.05) is 50.2 Å². The molecule has 6 N–H and O–H groups in total. The van der Waals surface area contributed by atoms with E-state index in [1.807, 2.05) is 31.0 Å². The number of likely N-dealkylation sites (N-methyl/N-ethyl adjacent to an activating group) is 2. The van der Waals surface area contributed by atoms with Gasteiger partial charge in [0.1, 0.15) is 5.88 Å². The van der Waals surface area contributed by atoms with E-state index in [0.29, 0.717) is 54.0 Å². The van der Waals surface area contributed by atoms with Gasteiger partial charge in [0.2, 0.25) is 5.91 Å². The first kappa shape index (κ1) is 49.0. The molecule has 2 aromatic rings. The lowest BCUT2D eigenvalue weighted by atomic mass is 10.2. The zero-order chi connectivity index (χ0) is 43.0. The van der Waals surface area contributed by atoms with Crippen molar-refractivity contribution in [1.29, 1.82) is 0 Å². The van der Waals surface area contributed by atoms with Crippen molar-refractivity contribution in [2.75, 3.05) is 59.2 Å². The number of carbonyl (C=O) groups excluding carboxylic acids is 8. The lowest BCUT2D eigenvalue weighted by molar-refractivity contribution is -0.172. The van der Waals surface area contributed by atoms with E-state index in [1.54, 1.807) is 55.5 Å². The van der Waals surface area contributed by atoms with Gasteiger partial charge in [-0.05, 0) is 44.4 Å². The molecule has 2 aliphatic rings. The summed E-state index contributed by atoms with van der Waals surface area (Å²) in [5.74, 6) is -2.93. The van der Waals surface area contributed by atoms with Crippen molar-refractivity contribution < 1.29 is 61.0 Å². The molecular formula is C35H50N8O13S. The Morgan fingerprint density at radius 3 is 1.54 bits per heavy atom. The Morgan fingerprint density at radius 1 is 0.719 bits per heavy atom. The van der Waals surface area contributed by atoms with E-state index >= 15 is 0 Å². The summed E-state index contributed by atoms with van der Waals surface area (Å²) < 4.78 is 30.2. The molecule has 22 heteroatoms. The van der Waals surface area contributed by atoms with Crippen LogP contribution in [-0.2, 0) is 39.0 Å².